The summed E-state index contributed by atoms with van der Waals surface area (Å²) in [6.07, 6.45) is 0.300. The van der Waals surface area contributed by atoms with Crippen LogP contribution in [0, 0.1) is 6.92 Å². The van der Waals surface area contributed by atoms with Crippen molar-refractivity contribution in [3.63, 3.8) is 0 Å². The molecule has 6 nitrogen and oxygen atoms in total. The molecule has 0 aliphatic rings. The SMILES string of the molecule is COc1ccc(S(=O)(=O)NCCc2cc3ccccc3[nH]c2=O)c(C)c1. The number of para-hydroxylation sites is 1. The Kier molecular flexibility index (Phi) is 5.11. The summed E-state index contributed by atoms with van der Waals surface area (Å²) in [5, 5.41) is 0.913. The highest BCUT2D eigenvalue weighted by molar-refractivity contribution is 7.89. The number of hydrogen-bond acceptors (Lipinski definition) is 4. The minimum Gasteiger partial charge on any atom is -0.497 e. The number of aryl methyl sites for hydroxylation is 1. The largest absolute Gasteiger partial charge is 0.497 e. The number of pyridine rings is 1. The number of hydrogen-bond donors (Lipinski definition) is 2. The van der Waals surface area contributed by atoms with Crippen LogP contribution in [-0.2, 0) is 16.4 Å². The van der Waals surface area contributed by atoms with E-state index in [9.17, 15) is 13.2 Å². The Morgan fingerprint density at radius 3 is 2.62 bits per heavy atom. The summed E-state index contributed by atoms with van der Waals surface area (Å²) in [5.41, 5.74) is 1.69. The first-order valence-corrected chi connectivity index (χ1v) is 9.64. The lowest BCUT2D eigenvalue weighted by molar-refractivity contribution is 0.414. The van der Waals surface area contributed by atoms with E-state index in [1.807, 2.05) is 24.3 Å². The Balaban J connectivity index is 1.75. The molecule has 2 N–H and O–H groups in total. The summed E-state index contributed by atoms with van der Waals surface area (Å²) >= 11 is 0. The predicted octanol–water partition coefficient (Wildman–Crippen LogP) is 2.37. The second-order valence-corrected chi connectivity index (χ2v) is 7.73. The van der Waals surface area contributed by atoms with Gasteiger partial charge in [-0.05, 0) is 54.6 Å². The minimum absolute atomic E-state index is 0.134. The first-order chi connectivity index (χ1) is 12.4. The Morgan fingerprint density at radius 1 is 1.12 bits per heavy atom. The van der Waals surface area contributed by atoms with Crippen LogP contribution >= 0.6 is 0 Å². The Labute approximate surface area is 151 Å². The number of nitrogens with one attached hydrogen (secondary N) is 2. The van der Waals surface area contributed by atoms with Gasteiger partial charge < -0.3 is 9.72 Å². The van der Waals surface area contributed by atoms with Gasteiger partial charge in [-0.2, -0.15) is 0 Å². The van der Waals surface area contributed by atoms with Crippen LogP contribution < -0.4 is 15.0 Å². The Bertz CT molecular complexity index is 1100. The zero-order valence-corrected chi connectivity index (χ0v) is 15.4. The number of methoxy groups -OCH3 is 1. The molecule has 1 heterocycles. The molecule has 0 fully saturated rings. The van der Waals surface area contributed by atoms with E-state index in [4.69, 9.17) is 4.74 Å². The highest BCUT2D eigenvalue weighted by Gasteiger charge is 2.17. The highest BCUT2D eigenvalue weighted by atomic mass is 32.2. The second-order valence-electron chi connectivity index (χ2n) is 5.99. The molecule has 3 rings (SSSR count). The summed E-state index contributed by atoms with van der Waals surface area (Å²) in [6.45, 7) is 1.85. The second kappa shape index (κ2) is 7.31. The summed E-state index contributed by atoms with van der Waals surface area (Å²) in [5.74, 6) is 0.601. The summed E-state index contributed by atoms with van der Waals surface area (Å²) < 4.78 is 32.7. The molecule has 0 spiro atoms. The Morgan fingerprint density at radius 2 is 1.88 bits per heavy atom. The van der Waals surface area contributed by atoms with Crippen LogP contribution in [-0.4, -0.2) is 27.1 Å². The van der Waals surface area contributed by atoms with E-state index in [0.717, 1.165) is 10.9 Å². The van der Waals surface area contributed by atoms with Gasteiger partial charge in [-0.15, -0.1) is 0 Å². The van der Waals surface area contributed by atoms with E-state index in [1.165, 1.54) is 13.2 Å². The molecule has 0 saturated carbocycles. The lowest BCUT2D eigenvalue weighted by Gasteiger charge is -2.10. The summed E-state index contributed by atoms with van der Waals surface area (Å²) in [6, 6.07) is 14.1. The first-order valence-electron chi connectivity index (χ1n) is 8.16. The minimum atomic E-state index is -3.66. The molecule has 0 aliphatic heterocycles. The maximum absolute atomic E-state index is 12.5. The average Bonchev–Trinajstić information content (AvgIpc) is 2.61. The maximum Gasteiger partial charge on any atom is 0.251 e. The van der Waals surface area contributed by atoms with Gasteiger partial charge in [0.05, 0.1) is 12.0 Å². The van der Waals surface area contributed by atoms with Crippen molar-refractivity contribution < 1.29 is 13.2 Å². The van der Waals surface area contributed by atoms with E-state index in [2.05, 4.69) is 9.71 Å². The number of rotatable bonds is 6. The molecule has 0 radical (unpaired) electrons. The third-order valence-corrected chi connectivity index (χ3v) is 5.81. The standard InChI is InChI=1S/C19H20N2O4S/c1-13-11-16(25-2)7-8-18(13)26(23,24)20-10-9-15-12-14-5-3-4-6-17(14)21-19(15)22/h3-8,11-12,20H,9-10H2,1-2H3,(H,21,22). The molecule has 0 saturated heterocycles. The first kappa shape index (κ1) is 18.2. The van der Waals surface area contributed by atoms with Crippen molar-refractivity contribution in [2.24, 2.45) is 0 Å². The number of aromatic nitrogens is 1. The van der Waals surface area contributed by atoms with Crippen LogP contribution in [0.5, 0.6) is 5.75 Å². The monoisotopic (exact) mass is 372 g/mol. The van der Waals surface area contributed by atoms with Gasteiger partial charge in [0, 0.05) is 17.6 Å². The van der Waals surface area contributed by atoms with Crippen molar-refractivity contribution in [1.29, 1.82) is 0 Å². The van der Waals surface area contributed by atoms with Crippen LogP contribution in [0.25, 0.3) is 10.9 Å². The van der Waals surface area contributed by atoms with Crippen molar-refractivity contribution >= 4 is 20.9 Å². The number of ether oxygens (including phenoxy) is 1. The van der Waals surface area contributed by atoms with Crippen LogP contribution in [0.4, 0.5) is 0 Å². The summed E-state index contributed by atoms with van der Waals surface area (Å²) in [4.78, 5) is 15.1. The normalized spacial score (nSPS) is 11.6. The molecular weight excluding hydrogens is 352 g/mol. The highest BCUT2D eigenvalue weighted by Crippen LogP contribution is 2.20. The van der Waals surface area contributed by atoms with Crippen molar-refractivity contribution in [3.05, 3.63) is 70.0 Å². The van der Waals surface area contributed by atoms with E-state index in [-0.39, 0.29) is 17.0 Å². The lowest BCUT2D eigenvalue weighted by atomic mass is 10.1. The number of sulfonamides is 1. The molecule has 7 heteroatoms. The van der Waals surface area contributed by atoms with E-state index in [0.29, 0.717) is 23.3 Å². The molecule has 1 aromatic heterocycles. The Hall–Kier alpha value is -2.64. The zero-order valence-electron chi connectivity index (χ0n) is 14.6. The van der Waals surface area contributed by atoms with Crippen LogP contribution in [0.15, 0.2) is 58.2 Å². The van der Waals surface area contributed by atoms with Crippen LogP contribution in [0.3, 0.4) is 0 Å². The quantitative estimate of drug-likeness (QED) is 0.695. The number of fused-ring (bicyclic) bond motifs is 1. The van der Waals surface area contributed by atoms with Crippen LogP contribution in [0.2, 0.25) is 0 Å². The van der Waals surface area contributed by atoms with Crippen molar-refractivity contribution in [2.45, 2.75) is 18.2 Å². The van der Waals surface area contributed by atoms with Gasteiger partial charge in [-0.1, -0.05) is 18.2 Å². The fourth-order valence-corrected chi connectivity index (χ4v) is 4.08. The van der Waals surface area contributed by atoms with Gasteiger partial charge in [-0.25, -0.2) is 13.1 Å². The van der Waals surface area contributed by atoms with Crippen molar-refractivity contribution in [3.8, 4) is 5.75 Å². The van der Waals surface area contributed by atoms with Gasteiger partial charge >= 0.3 is 0 Å². The van der Waals surface area contributed by atoms with Gasteiger partial charge in [0.25, 0.3) is 5.56 Å². The van der Waals surface area contributed by atoms with E-state index >= 15 is 0 Å². The molecule has 0 unspecified atom stereocenters. The molecule has 0 bridgehead atoms. The van der Waals surface area contributed by atoms with Gasteiger partial charge in [0.15, 0.2) is 0 Å². The molecule has 0 aliphatic carbocycles. The molecular formula is C19H20N2O4S. The smallest absolute Gasteiger partial charge is 0.251 e. The average molecular weight is 372 g/mol. The maximum atomic E-state index is 12.5. The van der Waals surface area contributed by atoms with Crippen molar-refractivity contribution in [1.82, 2.24) is 9.71 Å². The topological polar surface area (TPSA) is 88.3 Å². The molecule has 3 aromatic rings. The number of aromatic amines is 1. The zero-order chi connectivity index (χ0) is 18.7. The number of H-pyrrole nitrogens is 1. The molecule has 26 heavy (non-hydrogen) atoms. The van der Waals surface area contributed by atoms with E-state index in [1.54, 1.807) is 25.1 Å². The van der Waals surface area contributed by atoms with Crippen molar-refractivity contribution in [2.75, 3.05) is 13.7 Å². The summed E-state index contributed by atoms with van der Waals surface area (Å²) in [7, 11) is -2.13. The third-order valence-electron chi connectivity index (χ3n) is 4.19. The van der Waals surface area contributed by atoms with Gasteiger partial charge in [0.2, 0.25) is 10.0 Å². The predicted molar refractivity (Wildman–Crippen MR) is 101 cm³/mol. The molecule has 0 amide bonds. The third kappa shape index (κ3) is 3.79. The fourth-order valence-electron chi connectivity index (χ4n) is 2.83. The van der Waals surface area contributed by atoms with Gasteiger partial charge in [0.1, 0.15) is 5.75 Å². The number of benzene rings is 2. The fraction of sp³-hybridized carbons (Fsp3) is 0.211. The molecule has 2 aromatic carbocycles. The van der Waals surface area contributed by atoms with Gasteiger partial charge in [-0.3, -0.25) is 4.79 Å². The lowest BCUT2D eigenvalue weighted by Crippen LogP contribution is -2.28. The van der Waals surface area contributed by atoms with Crippen LogP contribution in [0.1, 0.15) is 11.1 Å². The molecule has 0 atom stereocenters. The van der Waals surface area contributed by atoms with E-state index < -0.39 is 10.0 Å². The molecule has 136 valence electrons.